The Balaban J connectivity index is 1.37. The Morgan fingerprint density at radius 2 is 1.08 bits per heavy atom. The third-order valence-electron chi connectivity index (χ3n) is 7.15. The lowest BCUT2D eigenvalue weighted by Gasteiger charge is -2.11. The van der Waals surface area contributed by atoms with Crippen molar-refractivity contribution in [1.29, 1.82) is 0 Å². The number of benzene rings is 5. The van der Waals surface area contributed by atoms with Crippen LogP contribution in [-0.4, -0.2) is 22.4 Å². The fraction of sp³-hybridized carbons (Fsp3) is 0. The minimum absolute atomic E-state index is 0.726. The van der Waals surface area contributed by atoms with Gasteiger partial charge in [-0.2, -0.15) is 0 Å². The van der Waals surface area contributed by atoms with E-state index in [1.54, 1.807) is 0 Å². The highest BCUT2D eigenvalue weighted by Crippen LogP contribution is 2.32. The standard InChI is InChI=1S/C34H24BN3/c35-28-15-9-17-32-33(28)27-14-7-8-16-31(27)38(32)26-20-18-24(19-21-26)30-22-29(23-10-3-1-4-11-23)36-34(37-30)25-12-5-2-6-13-25/h1-22H,35H2. The van der Waals surface area contributed by atoms with Gasteiger partial charge in [-0.05, 0) is 30.3 Å². The summed E-state index contributed by atoms with van der Waals surface area (Å²) in [7, 11) is 2.19. The molecular weight excluding hydrogens is 461 g/mol. The topological polar surface area (TPSA) is 30.7 Å². The maximum atomic E-state index is 4.99. The van der Waals surface area contributed by atoms with Gasteiger partial charge in [0.25, 0.3) is 0 Å². The van der Waals surface area contributed by atoms with Crippen molar-refractivity contribution >= 4 is 35.1 Å². The molecule has 0 amide bonds. The molecule has 2 heterocycles. The fourth-order valence-electron chi connectivity index (χ4n) is 5.33. The van der Waals surface area contributed by atoms with Crippen LogP contribution in [0, 0.1) is 0 Å². The highest BCUT2D eigenvalue weighted by molar-refractivity contribution is 6.41. The molecule has 178 valence electrons. The second kappa shape index (κ2) is 9.17. The predicted octanol–water partition coefficient (Wildman–Crippen LogP) is 6.83. The average molecular weight is 485 g/mol. The van der Waals surface area contributed by atoms with E-state index in [4.69, 9.17) is 9.97 Å². The lowest BCUT2D eigenvalue weighted by atomic mass is 9.91. The lowest BCUT2D eigenvalue weighted by Crippen LogP contribution is -2.02. The van der Waals surface area contributed by atoms with Crippen molar-refractivity contribution in [2.75, 3.05) is 0 Å². The SMILES string of the molecule is Bc1cccc2c1c1ccccc1n2-c1ccc(-c2cc(-c3ccccc3)nc(-c3ccccc3)n2)cc1. The van der Waals surface area contributed by atoms with E-state index in [1.807, 2.05) is 36.4 Å². The molecule has 0 atom stereocenters. The Morgan fingerprint density at radius 3 is 1.79 bits per heavy atom. The van der Waals surface area contributed by atoms with Gasteiger partial charge in [-0.3, -0.25) is 0 Å². The van der Waals surface area contributed by atoms with E-state index in [9.17, 15) is 0 Å². The molecule has 0 fully saturated rings. The van der Waals surface area contributed by atoms with Crippen LogP contribution in [-0.2, 0) is 0 Å². The zero-order valence-electron chi connectivity index (χ0n) is 21.0. The smallest absolute Gasteiger partial charge is 0.160 e. The van der Waals surface area contributed by atoms with Crippen LogP contribution < -0.4 is 5.46 Å². The Morgan fingerprint density at radius 1 is 0.500 bits per heavy atom. The first-order valence-corrected chi connectivity index (χ1v) is 12.9. The number of para-hydroxylation sites is 1. The van der Waals surface area contributed by atoms with Gasteiger partial charge >= 0.3 is 0 Å². The molecule has 0 radical (unpaired) electrons. The molecule has 0 aliphatic heterocycles. The van der Waals surface area contributed by atoms with Crippen molar-refractivity contribution < 1.29 is 0 Å². The third kappa shape index (κ3) is 3.79. The summed E-state index contributed by atoms with van der Waals surface area (Å²) in [4.78, 5) is 9.90. The van der Waals surface area contributed by atoms with Crippen LogP contribution in [0.15, 0.2) is 133 Å². The van der Waals surface area contributed by atoms with E-state index >= 15 is 0 Å². The predicted molar refractivity (Wildman–Crippen MR) is 161 cm³/mol. The average Bonchev–Trinajstić information content (AvgIpc) is 3.33. The van der Waals surface area contributed by atoms with Crippen LogP contribution in [0.2, 0.25) is 0 Å². The number of nitrogens with zero attached hydrogens (tertiary/aromatic N) is 3. The first-order chi connectivity index (χ1) is 18.8. The first-order valence-electron chi connectivity index (χ1n) is 12.9. The van der Waals surface area contributed by atoms with Gasteiger partial charge in [-0.15, -0.1) is 0 Å². The molecule has 4 heteroatoms. The molecule has 7 aromatic rings. The van der Waals surface area contributed by atoms with Gasteiger partial charge in [0.15, 0.2) is 5.82 Å². The fourth-order valence-corrected chi connectivity index (χ4v) is 5.33. The van der Waals surface area contributed by atoms with E-state index in [1.165, 1.54) is 27.3 Å². The summed E-state index contributed by atoms with van der Waals surface area (Å²) in [6, 6.07) is 46.4. The van der Waals surface area contributed by atoms with Crippen LogP contribution in [0.5, 0.6) is 0 Å². The summed E-state index contributed by atoms with van der Waals surface area (Å²) in [5.74, 6) is 0.726. The molecule has 0 aliphatic rings. The highest BCUT2D eigenvalue weighted by atomic mass is 15.0. The van der Waals surface area contributed by atoms with Crippen LogP contribution >= 0.6 is 0 Å². The normalized spacial score (nSPS) is 11.3. The quantitative estimate of drug-likeness (QED) is 0.256. The number of aromatic nitrogens is 3. The number of rotatable bonds is 4. The molecular formula is C34H24BN3. The Labute approximate surface area is 222 Å². The maximum Gasteiger partial charge on any atom is 0.160 e. The van der Waals surface area contributed by atoms with Gasteiger partial charge in [0, 0.05) is 33.2 Å². The summed E-state index contributed by atoms with van der Waals surface area (Å²) < 4.78 is 2.35. The molecule has 7 rings (SSSR count). The van der Waals surface area contributed by atoms with E-state index < -0.39 is 0 Å². The molecule has 0 unspecified atom stereocenters. The van der Waals surface area contributed by atoms with Crippen molar-refractivity contribution in [2.24, 2.45) is 0 Å². The van der Waals surface area contributed by atoms with Gasteiger partial charge < -0.3 is 4.57 Å². The summed E-state index contributed by atoms with van der Waals surface area (Å²) in [5, 5.41) is 2.59. The summed E-state index contributed by atoms with van der Waals surface area (Å²) in [6.45, 7) is 0. The third-order valence-corrected chi connectivity index (χ3v) is 7.15. The van der Waals surface area contributed by atoms with Crippen molar-refractivity contribution in [2.45, 2.75) is 0 Å². The molecule has 0 aliphatic carbocycles. The molecule has 2 aromatic heterocycles. The Bertz CT molecular complexity index is 1850. The monoisotopic (exact) mass is 485 g/mol. The molecule has 0 saturated heterocycles. The van der Waals surface area contributed by atoms with E-state index in [0.29, 0.717) is 0 Å². The Hall–Kier alpha value is -4.96. The van der Waals surface area contributed by atoms with Gasteiger partial charge in [0.05, 0.1) is 22.4 Å². The Kier molecular flexibility index (Phi) is 5.37. The van der Waals surface area contributed by atoms with Crippen molar-refractivity contribution in [3.63, 3.8) is 0 Å². The van der Waals surface area contributed by atoms with Crippen LogP contribution in [0.25, 0.3) is 61.4 Å². The molecule has 0 saturated carbocycles. The number of fused-ring (bicyclic) bond motifs is 3. The van der Waals surface area contributed by atoms with Gasteiger partial charge in [-0.1, -0.05) is 109 Å². The zero-order chi connectivity index (χ0) is 25.5. The first kappa shape index (κ1) is 22.3. The summed E-state index contributed by atoms with van der Waals surface area (Å²) >= 11 is 0. The molecule has 3 nitrogen and oxygen atoms in total. The molecule has 0 spiro atoms. The van der Waals surface area contributed by atoms with Crippen LogP contribution in [0.3, 0.4) is 0 Å². The summed E-state index contributed by atoms with van der Waals surface area (Å²) in [6.07, 6.45) is 0. The highest BCUT2D eigenvalue weighted by Gasteiger charge is 2.14. The molecule has 0 bridgehead atoms. The second-order valence-corrected chi connectivity index (χ2v) is 9.56. The largest absolute Gasteiger partial charge is 0.309 e. The van der Waals surface area contributed by atoms with Crippen molar-refractivity contribution in [3.8, 4) is 39.6 Å². The minimum Gasteiger partial charge on any atom is -0.309 e. The minimum atomic E-state index is 0.726. The van der Waals surface area contributed by atoms with Crippen molar-refractivity contribution in [1.82, 2.24) is 14.5 Å². The summed E-state index contributed by atoms with van der Waals surface area (Å²) in [5.41, 5.74) is 9.81. The maximum absolute atomic E-state index is 4.99. The van der Waals surface area contributed by atoms with E-state index in [-0.39, 0.29) is 0 Å². The van der Waals surface area contributed by atoms with Crippen LogP contribution in [0.4, 0.5) is 0 Å². The molecule has 38 heavy (non-hydrogen) atoms. The molecule has 0 N–H and O–H groups in total. The van der Waals surface area contributed by atoms with Crippen molar-refractivity contribution in [3.05, 3.63) is 133 Å². The lowest BCUT2D eigenvalue weighted by molar-refractivity contribution is 1.17. The van der Waals surface area contributed by atoms with Gasteiger partial charge in [-0.25, -0.2) is 9.97 Å². The number of hydrogen-bond acceptors (Lipinski definition) is 2. The zero-order valence-corrected chi connectivity index (χ0v) is 21.0. The molecule has 5 aromatic carbocycles. The second-order valence-electron chi connectivity index (χ2n) is 9.56. The number of hydrogen-bond donors (Lipinski definition) is 0. The van der Waals surface area contributed by atoms with E-state index in [2.05, 4.69) is 109 Å². The van der Waals surface area contributed by atoms with E-state index in [0.717, 1.165) is 39.6 Å². The van der Waals surface area contributed by atoms with Gasteiger partial charge in [0.1, 0.15) is 7.85 Å². The van der Waals surface area contributed by atoms with Crippen LogP contribution in [0.1, 0.15) is 0 Å². The van der Waals surface area contributed by atoms with Gasteiger partial charge in [0.2, 0.25) is 0 Å².